The highest BCUT2D eigenvalue weighted by molar-refractivity contribution is 7.90. The zero-order valence-corrected chi connectivity index (χ0v) is 16.0. The highest BCUT2D eigenvalue weighted by atomic mass is 32.2. The first-order chi connectivity index (χ1) is 11.9. The summed E-state index contributed by atoms with van der Waals surface area (Å²) >= 11 is 0. The van der Waals surface area contributed by atoms with Crippen molar-refractivity contribution in [1.29, 1.82) is 0 Å². The van der Waals surface area contributed by atoms with Crippen LogP contribution in [0.4, 0.5) is 0 Å². The molecule has 0 aromatic heterocycles. The summed E-state index contributed by atoms with van der Waals surface area (Å²) in [6.45, 7) is 1.52. The van der Waals surface area contributed by atoms with Gasteiger partial charge in [0, 0.05) is 19.6 Å². The van der Waals surface area contributed by atoms with Gasteiger partial charge in [0.25, 0.3) is 0 Å². The number of benzene rings is 1. The molecule has 3 rings (SSSR count). The molecule has 1 heterocycles. The third kappa shape index (κ3) is 4.81. The lowest BCUT2D eigenvalue weighted by atomic mass is 10.2. The first-order valence-corrected chi connectivity index (χ1v) is 12.0. The van der Waals surface area contributed by atoms with Gasteiger partial charge in [0.1, 0.15) is 0 Å². The molecule has 1 N–H and O–H groups in total. The van der Waals surface area contributed by atoms with Crippen LogP contribution in [0, 0.1) is 0 Å². The van der Waals surface area contributed by atoms with E-state index in [0.717, 1.165) is 44.1 Å². The summed E-state index contributed by atoms with van der Waals surface area (Å²) in [6, 6.07) is 6.81. The highest BCUT2D eigenvalue weighted by Crippen LogP contribution is 2.27. The Morgan fingerprint density at radius 1 is 0.920 bits per heavy atom. The Balaban J connectivity index is 1.59. The molecule has 2 aliphatic rings. The third-order valence-corrected chi connectivity index (χ3v) is 8.67. The Bertz CT molecular complexity index is 776. The molecule has 0 atom stereocenters. The van der Waals surface area contributed by atoms with Crippen LogP contribution in [0.5, 0.6) is 0 Å². The summed E-state index contributed by atoms with van der Waals surface area (Å²) in [6.07, 6.45) is 6.05. The second kappa shape index (κ2) is 7.73. The van der Waals surface area contributed by atoms with Crippen molar-refractivity contribution in [2.24, 2.45) is 0 Å². The van der Waals surface area contributed by atoms with Crippen molar-refractivity contribution >= 4 is 20.0 Å². The van der Waals surface area contributed by atoms with Gasteiger partial charge >= 0.3 is 0 Å². The lowest BCUT2D eigenvalue weighted by Gasteiger charge is -2.20. The first-order valence-electron chi connectivity index (χ1n) is 8.97. The van der Waals surface area contributed by atoms with Crippen molar-refractivity contribution in [2.75, 3.05) is 19.6 Å². The largest absolute Gasteiger partial charge is 0.243 e. The zero-order valence-electron chi connectivity index (χ0n) is 14.4. The fraction of sp³-hybridized carbons (Fsp3) is 0.647. The molecule has 0 unspecified atom stereocenters. The topological polar surface area (TPSA) is 83.5 Å². The van der Waals surface area contributed by atoms with Crippen molar-refractivity contribution in [3.8, 4) is 0 Å². The maximum Gasteiger partial charge on any atom is 0.243 e. The summed E-state index contributed by atoms with van der Waals surface area (Å²) in [7, 11) is -6.59. The lowest BCUT2D eigenvalue weighted by Crippen LogP contribution is -2.32. The van der Waals surface area contributed by atoms with Crippen LogP contribution < -0.4 is 4.72 Å². The molecule has 1 aliphatic carbocycles. The Kier molecular flexibility index (Phi) is 5.82. The van der Waals surface area contributed by atoms with E-state index in [9.17, 15) is 16.8 Å². The number of nitrogens with one attached hydrogen (secondary N) is 1. The number of rotatable bonds is 7. The maximum absolute atomic E-state index is 12.7. The summed E-state index contributed by atoms with van der Waals surface area (Å²) in [5, 5.41) is -0.214. The minimum Gasteiger partial charge on any atom is -0.215 e. The summed E-state index contributed by atoms with van der Waals surface area (Å²) in [4.78, 5) is 0.316. The van der Waals surface area contributed by atoms with Gasteiger partial charge in [-0.25, -0.2) is 21.6 Å². The maximum atomic E-state index is 12.7. The van der Waals surface area contributed by atoms with Gasteiger partial charge in [0.2, 0.25) is 20.0 Å². The second-order valence-electron chi connectivity index (χ2n) is 6.85. The molecule has 2 fully saturated rings. The summed E-state index contributed by atoms with van der Waals surface area (Å²) in [5.74, 6) is 0. The molecule has 1 saturated carbocycles. The van der Waals surface area contributed by atoms with Crippen LogP contribution >= 0.6 is 0 Å². The zero-order chi connectivity index (χ0) is 17.9. The predicted molar refractivity (Wildman–Crippen MR) is 97.3 cm³/mol. The number of sulfonamides is 2. The smallest absolute Gasteiger partial charge is 0.215 e. The fourth-order valence-electron chi connectivity index (χ4n) is 3.09. The van der Waals surface area contributed by atoms with Gasteiger partial charge in [-0.3, -0.25) is 0 Å². The monoisotopic (exact) mass is 386 g/mol. The van der Waals surface area contributed by atoms with Crippen LogP contribution in [0.2, 0.25) is 0 Å². The molecule has 1 saturated heterocycles. The summed E-state index contributed by atoms with van der Waals surface area (Å²) < 4.78 is 53.2. The minimum atomic E-state index is -3.43. The summed E-state index contributed by atoms with van der Waals surface area (Å²) in [5.41, 5.74) is 0.924. The Labute approximate surface area is 150 Å². The van der Waals surface area contributed by atoms with Crippen LogP contribution in [-0.4, -0.2) is 46.0 Å². The van der Waals surface area contributed by atoms with Crippen LogP contribution in [0.15, 0.2) is 29.2 Å². The molecule has 25 heavy (non-hydrogen) atoms. The molecule has 8 heteroatoms. The van der Waals surface area contributed by atoms with Gasteiger partial charge in [-0.15, -0.1) is 0 Å². The SMILES string of the molecule is O=S(=O)(NCCc1ccc(S(=O)(=O)N2CCCCCC2)cc1)C1CC1. The van der Waals surface area contributed by atoms with E-state index >= 15 is 0 Å². The van der Waals surface area contributed by atoms with Gasteiger partial charge in [0.05, 0.1) is 10.1 Å². The Morgan fingerprint density at radius 3 is 2.08 bits per heavy atom. The molecular formula is C17H26N2O4S2. The van der Waals surface area contributed by atoms with E-state index < -0.39 is 20.0 Å². The highest BCUT2D eigenvalue weighted by Gasteiger charge is 2.35. The normalized spacial score (nSPS) is 20.3. The molecule has 0 amide bonds. The molecule has 1 aromatic rings. The quantitative estimate of drug-likeness (QED) is 0.775. The van der Waals surface area contributed by atoms with Gasteiger partial charge in [-0.2, -0.15) is 4.31 Å². The molecule has 6 nitrogen and oxygen atoms in total. The predicted octanol–water partition coefficient (Wildman–Crippen LogP) is 1.88. The van der Waals surface area contributed by atoms with Crippen molar-refractivity contribution in [2.45, 2.75) is 55.1 Å². The van der Waals surface area contributed by atoms with E-state index in [-0.39, 0.29) is 5.25 Å². The second-order valence-corrected chi connectivity index (χ2v) is 10.8. The fourth-order valence-corrected chi connectivity index (χ4v) is 5.99. The third-order valence-electron chi connectivity index (χ3n) is 4.81. The van der Waals surface area contributed by atoms with E-state index in [0.29, 0.717) is 31.0 Å². The van der Waals surface area contributed by atoms with Crippen LogP contribution in [-0.2, 0) is 26.5 Å². The van der Waals surface area contributed by atoms with Gasteiger partial charge in [-0.1, -0.05) is 25.0 Å². The molecule has 1 aromatic carbocycles. The minimum absolute atomic E-state index is 0.214. The van der Waals surface area contributed by atoms with Gasteiger partial charge < -0.3 is 0 Å². The van der Waals surface area contributed by atoms with Crippen LogP contribution in [0.25, 0.3) is 0 Å². The number of nitrogens with zero attached hydrogens (tertiary/aromatic N) is 1. The van der Waals surface area contributed by atoms with Crippen molar-refractivity contribution in [1.82, 2.24) is 9.03 Å². The molecule has 140 valence electrons. The lowest BCUT2D eigenvalue weighted by molar-refractivity contribution is 0.423. The standard InChI is InChI=1S/C17H26N2O4S2/c20-24(21,16-9-10-16)18-12-11-15-5-7-17(8-6-15)25(22,23)19-13-3-1-2-4-14-19/h5-8,16,18H,1-4,9-14H2. The first kappa shape index (κ1) is 18.8. The molecule has 0 radical (unpaired) electrons. The van der Waals surface area contributed by atoms with E-state index in [1.807, 2.05) is 0 Å². The van der Waals surface area contributed by atoms with Crippen molar-refractivity contribution in [3.05, 3.63) is 29.8 Å². The van der Waals surface area contributed by atoms with Crippen molar-refractivity contribution < 1.29 is 16.8 Å². The molecule has 0 bridgehead atoms. The average Bonchev–Trinajstić information content (AvgIpc) is 3.42. The Morgan fingerprint density at radius 2 is 1.52 bits per heavy atom. The van der Waals surface area contributed by atoms with Crippen LogP contribution in [0.1, 0.15) is 44.1 Å². The molecule has 1 aliphatic heterocycles. The number of hydrogen-bond acceptors (Lipinski definition) is 4. The van der Waals surface area contributed by atoms with E-state index in [1.165, 1.54) is 0 Å². The van der Waals surface area contributed by atoms with Crippen LogP contribution in [0.3, 0.4) is 0 Å². The molecular weight excluding hydrogens is 360 g/mol. The van der Waals surface area contributed by atoms with Gasteiger partial charge in [0.15, 0.2) is 0 Å². The Hall–Kier alpha value is -0.960. The van der Waals surface area contributed by atoms with Gasteiger partial charge in [-0.05, 0) is 49.8 Å². The van der Waals surface area contributed by atoms with E-state index in [1.54, 1.807) is 28.6 Å². The van der Waals surface area contributed by atoms with E-state index in [2.05, 4.69) is 4.72 Å². The van der Waals surface area contributed by atoms with Crippen molar-refractivity contribution in [3.63, 3.8) is 0 Å². The van der Waals surface area contributed by atoms with E-state index in [4.69, 9.17) is 0 Å². The molecule has 0 spiro atoms. The number of hydrogen-bond donors (Lipinski definition) is 1. The average molecular weight is 387 g/mol.